The molecule has 1 aromatic rings. The van der Waals surface area contributed by atoms with E-state index >= 15 is 0 Å². The van der Waals surface area contributed by atoms with Crippen LogP contribution in [0.1, 0.15) is 58.3 Å². The first-order valence-electron chi connectivity index (χ1n) is 7.15. The van der Waals surface area contributed by atoms with Crippen LogP contribution in [-0.4, -0.2) is 27.8 Å². The Morgan fingerprint density at radius 3 is 2.33 bits per heavy atom. The van der Waals surface area contributed by atoms with Gasteiger partial charge in [0.15, 0.2) is 0 Å². The highest BCUT2D eigenvalue weighted by Gasteiger charge is 2.27. The van der Waals surface area contributed by atoms with Gasteiger partial charge in [0.25, 0.3) is 5.91 Å². The van der Waals surface area contributed by atoms with E-state index in [-0.39, 0.29) is 29.4 Å². The molecule has 1 unspecified atom stereocenters. The summed E-state index contributed by atoms with van der Waals surface area (Å²) in [5.41, 5.74) is 5.88. The number of rotatable bonds is 5. The SMILES string of the molecule is CC(C)CC(C)(CN)NC(=O)c1cnn(C(C)(C)C)c1.Cl. The maximum absolute atomic E-state index is 12.3. The molecule has 1 rings (SSSR count). The second kappa shape index (κ2) is 7.27. The highest BCUT2D eigenvalue weighted by molar-refractivity contribution is 5.94. The van der Waals surface area contributed by atoms with Crippen LogP contribution >= 0.6 is 12.4 Å². The maximum Gasteiger partial charge on any atom is 0.254 e. The topological polar surface area (TPSA) is 72.9 Å². The first kappa shape index (κ1) is 19.9. The molecular weight excluding hydrogens is 288 g/mol. The van der Waals surface area contributed by atoms with Crippen LogP contribution in [0.15, 0.2) is 12.4 Å². The summed E-state index contributed by atoms with van der Waals surface area (Å²) in [6.45, 7) is 12.8. The van der Waals surface area contributed by atoms with Gasteiger partial charge < -0.3 is 11.1 Å². The molecule has 0 saturated carbocycles. The first-order chi connectivity index (χ1) is 9.07. The van der Waals surface area contributed by atoms with Gasteiger partial charge in [-0.15, -0.1) is 12.4 Å². The Hall–Kier alpha value is -1.07. The third-order valence-electron chi connectivity index (χ3n) is 3.26. The monoisotopic (exact) mass is 316 g/mol. The molecule has 0 spiro atoms. The van der Waals surface area contributed by atoms with Crippen molar-refractivity contribution in [1.82, 2.24) is 15.1 Å². The number of amides is 1. The Labute approximate surface area is 134 Å². The van der Waals surface area contributed by atoms with Gasteiger partial charge in [0.2, 0.25) is 0 Å². The first-order valence-corrected chi connectivity index (χ1v) is 7.15. The van der Waals surface area contributed by atoms with Gasteiger partial charge >= 0.3 is 0 Å². The molecule has 0 radical (unpaired) electrons. The third kappa shape index (κ3) is 5.67. The molecule has 1 atom stereocenters. The molecular formula is C15H29ClN4O. The molecule has 0 saturated heterocycles. The number of nitrogens with zero attached hydrogens (tertiary/aromatic N) is 2. The summed E-state index contributed by atoms with van der Waals surface area (Å²) in [6, 6.07) is 0. The van der Waals surface area contributed by atoms with Crippen molar-refractivity contribution in [2.75, 3.05) is 6.54 Å². The zero-order valence-corrected chi connectivity index (χ0v) is 14.8. The van der Waals surface area contributed by atoms with Gasteiger partial charge in [-0.25, -0.2) is 0 Å². The van der Waals surface area contributed by atoms with E-state index in [9.17, 15) is 4.79 Å². The number of halogens is 1. The molecule has 0 bridgehead atoms. The molecule has 5 nitrogen and oxygen atoms in total. The zero-order valence-electron chi connectivity index (χ0n) is 13.9. The van der Waals surface area contributed by atoms with Crippen LogP contribution in [0.3, 0.4) is 0 Å². The molecule has 1 amide bonds. The van der Waals surface area contributed by atoms with Crippen LogP contribution in [0.25, 0.3) is 0 Å². The molecule has 1 heterocycles. The van der Waals surface area contributed by atoms with Gasteiger partial charge in [-0.2, -0.15) is 5.10 Å². The smallest absolute Gasteiger partial charge is 0.254 e. The Bertz CT molecular complexity index is 464. The van der Waals surface area contributed by atoms with Crippen molar-refractivity contribution >= 4 is 18.3 Å². The maximum atomic E-state index is 12.3. The minimum Gasteiger partial charge on any atom is -0.346 e. The molecule has 3 N–H and O–H groups in total. The van der Waals surface area contributed by atoms with Crippen molar-refractivity contribution in [3.05, 3.63) is 18.0 Å². The van der Waals surface area contributed by atoms with E-state index in [0.29, 0.717) is 18.0 Å². The molecule has 0 aliphatic carbocycles. The molecule has 0 fully saturated rings. The molecule has 0 aliphatic heterocycles. The lowest BCUT2D eigenvalue weighted by Crippen LogP contribution is -2.52. The van der Waals surface area contributed by atoms with E-state index in [1.165, 1.54) is 0 Å². The lowest BCUT2D eigenvalue weighted by Gasteiger charge is -2.31. The highest BCUT2D eigenvalue weighted by Crippen LogP contribution is 2.17. The summed E-state index contributed by atoms with van der Waals surface area (Å²) in [5.74, 6) is 0.357. The van der Waals surface area contributed by atoms with Crippen LogP contribution in [0.2, 0.25) is 0 Å². The van der Waals surface area contributed by atoms with Crippen molar-refractivity contribution in [3.8, 4) is 0 Å². The fourth-order valence-corrected chi connectivity index (χ4v) is 2.24. The standard InChI is InChI=1S/C15H28N4O.ClH/c1-11(2)7-15(6,10-16)18-13(20)12-8-17-19(9-12)14(3,4)5;/h8-9,11H,7,10,16H2,1-6H3,(H,18,20);1H. The molecule has 6 heteroatoms. The summed E-state index contributed by atoms with van der Waals surface area (Å²) in [5, 5.41) is 7.29. The highest BCUT2D eigenvalue weighted by atomic mass is 35.5. The fourth-order valence-electron chi connectivity index (χ4n) is 2.24. The van der Waals surface area contributed by atoms with Crippen molar-refractivity contribution in [3.63, 3.8) is 0 Å². The summed E-state index contributed by atoms with van der Waals surface area (Å²) >= 11 is 0. The summed E-state index contributed by atoms with van der Waals surface area (Å²) < 4.78 is 1.80. The largest absolute Gasteiger partial charge is 0.346 e. The summed E-state index contributed by atoms with van der Waals surface area (Å²) in [4.78, 5) is 12.3. The lowest BCUT2D eigenvalue weighted by molar-refractivity contribution is 0.0898. The Morgan fingerprint density at radius 1 is 1.38 bits per heavy atom. The average molecular weight is 317 g/mol. The van der Waals surface area contributed by atoms with Crippen LogP contribution < -0.4 is 11.1 Å². The number of aromatic nitrogens is 2. The van der Waals surface area contributed by atoms with E-state index in [1.807, 2.05) is 27.7 Å². The number of nitrogens with two attached hydrogens (primary N) is 1. The van der Waals surface area contributed by atoms with Crippen LogP contribution in [0.5, 0.6) is 0 Å². The van der Waals surface area contributed by atoms with Gasteiger partial charge in [-0.05, 0) is 40.0 Å². The van der Waals surface area contributed by atoms with Crippen molar-refractivity contribution in [2.24, 2.45) is 11.7 Å². The predicted molar refractivity (Wildman–Crippen MR) is 88.9 cm³/mol. The van der Waals surface area contributed by atoms with E-state index in [1.54, 1.807) is 17.1 Å². The van der Waals surface area contributed by atoms with Crippen molar-refractivity contribution in [2.45, 2.75) is 59.0 Å². The van der Waals surface area contributed by atoms with Crippen molar-refractivity contribution < 1.29 is 4.79 Å². The number of carbonyl (C=O) groups is 1. The Kier molecular flexibility index (Phi) is 6.90. The lowest BCUT2D eigenvalue weighted by atomic mass is 9.90. The second-order valence-electron chi connectivity index (χ2n) is 7.16. The van der Waals surface area contributed by atoms with Crippen LogP contribution in [-0.2, 0) is 5.54 Å². The van der Waals surface area contributed by atoms with E-state index in [0.717, 1.165) is 6.42 Å². The minimum atomic E-state index is -0.380. The number of hydrogen-bond acceptors (Lipinski definition) is 3. The van der Waals surface area contributed by atoms with Crippen LogP contribution in [0, 0.1) is 5.92 Å². The molecule has 0 aliphatic rings. The zero-order chi connectivity index (χ0) is 15.6. The molecule has 122 valence electrons. The average Bonchev–Trinajstić information content (AvgIpc) is 2.76. The number of carbonyl (C=O) groups excluding carboxylic acids is 1. The third-order valence-corrected chi connectivity index (χ3v) is 3.26. The van der Waals surface area contributed by atoms with Gasteiger partial charge in [-0.1, -0.05) is 13.8 Å². The van der Waals surface area contributed by atoms with E-state index < -0.39 is 0 Å². The second-order valence-corrected chi connectivity index (χ2v) is 7.16. The number of hydrogen-bond donors (Lipinski definition) is 2. The van der Waals surface area contributed by atoms with Gasteiger partial charge in [0.05, 0.1) is 17.3 Å². The van der Waals surface area contributed by atoms with Gasteiger partial charge in [-0.3, -0.25) is 9.48 Å². The van der Waals surface area contributed by atoms with Crippen LogP contribution in [0.4, 0.5) is 0 Å². The fraction of sp³-hybridized carbons (Fsp3) is 0.733. The quantitative estimate of drug-likeness (QED) is 0.876. The predicted octanol–water partition coefficient (Wildman–Crippen LogP) is 2.55. The summed E-state index contributed by atoms with van der Waals surface area (Å²) in [6.07, 6.45) is 4.23. The van der Waals surface area contributed by atoms with E-state index in [2.05, 4.69) is 24.3 Å². The number of nitrogens with one attached hydrogen (secondary N) is 1. The van der Waals surface area contributed by atoms with Crippen molar-refractivity contribution in [1.29, 1.82) is 0 Å². The minimum absolute atomic E-state index is 0. The summed E-state index contributed by atoms with van der Waals surface area (Å²) in [7, 11) is 0. The Morgan fingerprint density at radius 2 is 1.95 bits per heavy atom. The van der Waals surface area contributed by atoms with Gasteiger partial charge in [0, 0.05) is 18.3 Å². The van der Waals surface area contributed by atoms with E-state index in [4.69, 9.17) is 5.73 Å². The molecule has 1 aromatic heterocycles. The Balaban J connectivity index is 0.00000400. The molecule has 0 aromatic carbocycles. The van der Waals surface area contributed by atoms with Gasteiger partial charge in [0.1, 0.15) is 0 Å². The normalized spacial score (nSPS) is 14.5. The molecule has 21 heavy (non-hydrogen) atoms.